The van der Waals surface area contributed by atoms with Crippen LogP contribution in [0.15, 0.2) is 18.2 Å². The molecule has 3 nitrogen and oxygen atoms in total. The Bertz CT molecular complexity index is 397. The van der Waals surface area contributed by atoms with Crippen LogP contribution in [-0.2, 0) is 4.74 Å². The smallest absolute Gasteiger partial charge is 0.0750 e. The quantitative estimate of drug-likeness (QED) is 0.662. The molecule has 2 N–H and O–H groups in total. The second kappa shape index (κ2) is 6.61. The van der Waals surface area contributed by atoms with E-state index in [4.69, 9.17) is 10.5 Å². The SMILES string of the molecule is CCCOC1CCCN(c2ccc(N)cc2I)C1. The van der Waals surface area contributed by atoms with Gasteiger partial charge in [-0.3, -0.25) is 0 Å². The van der Waals surface area contributed by atoms with Crippen molar-refractivity contribution in [3.63, 3.8) is 0 Å². The molecule has 1 aliphatic rings. The van der Waals surface area contributed by atoms with E-state index in [9.17, 15) is 0 Å². The van der Waals surface area contributed by atoms with Crippen molar-refractivity contribution >= 4 is 34.0 Å². The van der Waals surface area contributed by atoms with Crippen LogP contribution in [0, 0.1) is 3.57 Å². The van der Waals surface area contributed by atoms with Crippen LogP contribution in [0.25, 0.3) is 0 Å². The Kier molecular flexibility index (Phi) is 5.12. The molecule has 4 heteroatoms. The molecule has 1 atom stereocenters. The van der Waals surface area contributed by atoms with Gasteiger partial charge < -0.3 is 15.4 Å². The van der Waals surface area contributed by atoms with Gasteiger partial charge in [0.15, 0.2) is 0 Å². The molecule has 0 saturated carbocycles. The third-order valence-electron chi connectivity index (χ3n) is 3.25. The zero-order chi connectivity index (χ0) is 13.0. The number of benzene rings is 1. The van der Waals surface area contributed by atoms with Crippen LogP contribution in [0.4, 0.5) is 11.4 Å². The van der Waals surface area contributed by atoms with Crippen LogP contribution in [0.2, 0.25) is 0 Å². The minimum Gasteiger partial charge on any atom is -0.399 e. The summed E-state index contributed by atoms with van der Waals surface area (Å²) in [7, 11) is 0. The van der Waals surface area contributed by atoms with Gasteiger partial charge in [-0.15, -0.1) is 0 Å². The van der Waals surface area contributed by atoms with Gasteiger partial charge in [0.05, 0.1) is 11.8 Å². The first-order chi connectivity index (χ1) is 8.70. The van der Waals surface area contributed by atoms with Gasteiger partial charge in [-0.25, -0.2) is 0 Å². The summed E-state index contributed by atoms with van der Waals surface area (Å²) in [5.41, 5.74) is 7.92. The van der Waals surface area contributed by atoms with Crippen molar-refractivity contribution in [2.45, 2.75) is 32.3 Å². The first-order valence-corrected chi connectivity index (χ1v) is 7.70. The molecule has 1 unspecified atom stereocenters. The summed E-state index contributed by atoms with van der Waals surface area (Å²) in [6, 6.07) is 6.14. The standard InChI is InChI=1S/C14H21IN2O/c1-2-8-18-12-4-3-7-17(10-12)14-6-5-11(16)9-13(14)15/h5-6,9,12H,2-4,7-8,10,16H2,1H3. The highest BCUT2D eigenvalue weighted by Crippen LogP contribution is 2.28. The van der Waals surface area contributed by atoms with E-state index in [1.807, 2.05) is 12.1 Å². The highest BCUT2D eigenvalue weighted by atomic mass is 127. The van der Waals surface area contributed by atoms with Crippen LogP contribution in [0.5, 0.6) is 0 Å². The number of anilines is 2. The molecule has 1 saturated heterocycles. The van der Waals surface area contributed by atoms with E-state index in [2.05, 4.69) is 40.5 Å². The Hall–Kier alpha value is -0.490. The summed E-state index contributed by atoms with van der Waals surface area (Å²) in [5.74, 6) is 0. The number of ether oxygens (including phenoxy) is 1. The largest absolute Gasteiger partial charge is 0.399 e. The first-order valence-electron chi connectivity index (χ1n) is 6.62. The van der Waals surface area contributed by atoms with Crippen LogP contribution in [0.1, 0.15) is 26.2 Å². The predicted molar refractivity (Wildman–Crippen MR) is 85.0 cm³/mol. The van der Waals surface area contributed by atoms with E-state index >= 15 is 0 Å². The molecule has 0 bridgehead atoms. The number of hydrogen-bond donors (Lipinski definition) is 1. The fourth-order valence-electron chi connectivity index (χ4n) is 2.36. The average Bonchev–Trinajstić information content (AvgIpc) is 2.36. The molecule has 0 amide bonds. The minimum absolute atomic E-state index is 0.382. The van der Waals surface area contributed by atoms with Gasteiger partial charge >= 0.3 is 0 Å². The monoisotopic (exact) mass is 360 g/mol. The molecule has 1 aromatic carbocycles. The fraction of sp³-hybridized carbons (Fsp3) is 0.571. The average molecular weight is 360 g/mol. The number of rotatable bonds is 4. The van der Waals surface area contributed by atoms with Crippen molar-refractivity contribution in [1.29, 1.82) is 0 Å². The molecule has 100 valence electrons. The highest BCUT2D eigenvalue weighted by molar-refractivity contribution is 14.1. The maximum Gasteiger partial charge on any atom is 0.0750 e. The number of nitrogen functional groups attached to an aromatic ring is 1. The Labute approximate surface area is 123 Å². The lowest BCUT2D eigenvalue weighted by atomic mass is 10.1. The van der Waals surface area contributed by atoms with E-state index in [0.717, 1.165) is 31.8 Å². The van der Waals surface area contributed by atoms with Crippen LogP contribution < -0.4 is 10.6 Å². The number of halogens is 1. The zero-order valence-electron chi connectivity index (χ0n) is 10.9. The van der Waals surface area contributed by atoms with Crippen molar-refractivity contribution < 1.29 is 4.74 Å². The van der Waals surface area contributed by atoms with Gasteiger partial charge in [-0.1, -0.05) is 6.92 Å². The summed E-state index contributed by atoms with van der Waals surface area (Å²) in [5, 5.41) is 0. The van der Waals surface area contributed by atoms with Crippen molar-refractivity contribution in [2.24, 2.45) is 0 Å². The molecule has 1 fully saturated rings. The summed E-state index contributed by atoms with van der Waals surface area (Å²) in [4.78, 5) is 2.42. The molecule has 0 aliphatic carbocycles. The molecule has 1 aliphatic heterocycles. The lowest BCUT2D eigenvalue weighted by Crippen LogP contribution is -2.40. The summed E-state index contributed by atoms with van der Waals surface area (Å²) >= 11 is 2.36. The molecule has 0 radical (unpaired) electrons. The van der Waals surface area contributed by atoms with Gasteiger partial charge in [0.1, 0.15) is 0 Å². The Morgan fingerprint density at radius 2 is 2.33 bits per heavy atom. The number of hydrogen-bond acceptors (Lipinski definition) is 3. The molecule has 0 spiro atoms. The summed E-state index contributed by atoms with van der Waals surface area (Å²) in [6.07, 6.45) is 3.86. The maximum atomic E-state index is 5.88. The van der Waals surface area contributed by atoms with E-state index < -0.39 is 0 Å². The van der Waals surface area contributed by atoms with Gasteiger partial charge in [-0.2, -0.15) is 0 Å². The molecular weight excluding hydrogens is 339 g/mol. The van der Waals surface area contributed by atoms with E-state index in [0.29, 0.717) is 6.10 Å². The molecule has 18 heavy (non-hydrogen) atoms. The number of nitrogens with two attached hydrogens (primary N) is 1. The molecule has 1 heterocycles. The highest BCUT2D eigenvalue weighted by Gasteiger charge is 2.21. The van der Waals surface area contributed by atoms with Crippen molar-refractivity contribution in [2.75, 3.05) is 30.3 Å². The molecule has 1 aromatic rings. The topological polar surface area (TPSA) is 38.5 Å². The lowest BCUT2D eigenvalue weighted by molar-refractivity contribution is 0.0440. The fourth-order valence-corrected chi connectivity index (χ4v) is 3.24. The second-order valence-corrected chi connectivity index (χ2v) is 5.95. The van der Waals surface area contributed by atoms with Crippen molar-refractivity contribution in [3.8, 4) is 0 Å². The second-order valence-electron chi connectivity index (χ2n) is 4.79. The van der Waals surface area contributed by atoms with E-state index in [-0.39, 0.29) is 0 Å². The first kappa shape index (κ1) is 13.9. The van der Waals surface area contributed by atoms with Crippen LogP contribution in [-0.4, -0.2) is 25.8 Å². The molecule has 0 aromatic heterocycles. The zero-order valence-corrected chi connectivity index (χ0v) is 13.0. The van der Waals surface area contributed by atoms with Crippen LogP contribution in [0.3, 0.4) is 0 Å². The minimum atomic E-state index is 0.382. The number of nitrogens with zero attached hydrogens (tertiary/aromatic N) is 1. The number of piperidine rings is 1. The summed E-state index contributed by atoms with van der Waals surface area (Å²) < 4.78 is 7.10. The molecular formula is C14H21IN2O. The van der Waals surface area contributed by atoms with E-state index in [1.54, 1.807) is 0 Å². The van der Waals surface area contributed by atoms with Gasteiger partial charge in [0, 0.05) is 29.0 Å². The van der Waals surface area contributed by atoms with Gasteiger partial charge in [-0.05, 0) is 60.1 Å². The Balaban J connectivity index is 2.03. The van der Waals surface area contributed by atoms with Gasteiger partial charge in [0.2, 0.25) is 0 Å². The third-order valence-corrected chi connectivity index (χ3v) is 4.11. The summed E-state index contributed by atoms with van der Waals surface area (Å²) in [6.45, 7) is 5.15. The van der Waals surface area contributed by atoms with Crippen molar-refractivity contribution in [1.82, 2.24) is 0 Å². The van der Waals surface area contributed by atoms with Crippen LogP contribution >= 0.6 is 22.6 Å². The van der Waals surface area contributed by atoms with E-state index in [1.165, 1.54) is 22.1 Å². The van der Waals surface area contributed by atoms with Gasteiger partial charge in [0.25, 0.3) is 0 Å². The lowest BCUT2D eigenvalue weighted by Gasteiger charge is -2.35. The normalized spacial score (nSPS) is 20.1. The third kappa shape index (κ3) is 3.51. The predicted octanol–water partition coefficient (Wildman–Crippen LogP) is 3.27. The Morgan fingerprint density at radius 1 is 1.50 bits per heavy atom. The maximum absolute atomic E-state index is 5.88. The Morgan fingerprint density at radius 3 is 3.06 bits per heavy atom. The molecule has 2 rings (SSSR count). The van der Waals surface area contributed by atoms with Crippen molar-refractivity contribution in [3.05, 3.63) is 21.8 Å².